The summed E-state index contributed by atoms with van der Waals surface area (Å²) in [6.45, 7) is 1.76. The van der Waals surface area contributed by atoms with E-state index in [1.165, 1.54) is 0 Å². The molecule has 0 bridgehead atoms. The van der Waals surface area contributed by atoms with Crippen molar-refractivity contribution in [2.24, 2.45) is 0 Å². The second-order valence-corrected chi connectivity index (χ2v) is 3.73. The number of rotatable bonds is 2. The summed E-state index contributed by atoms with van der Waals surface area (Å²) in [5.74, 6) is 0.760. The van der Waals surface area contributed by atoms with Crippen LogP contribution in [0.5, 0.6) is 5.75 Å². The molecule has 1 fully saturated rings. The minimum Gasteiger partial charge on any atom is -0.495 e. The molecule has 0 aliphatic carbocycles. The highest BCUT2D eigenvalue weighted by Gasteiger charge is 2.27. The first-order chi connectivity index (χ1) is 7.24. The zero-order valence-corrected chi connectivity index (χ0v) is 9.03. The van der Waals surface area contributed by atoms with Crippen molar-refractivity contribution in [1.82, 2.24) is 15.2 Å². The highest BCUT2D eigenvalue weighted by atomic mass is 16.5. The molecule has 2 rings (SSSR count). The number of ether oxygens (including phenoxy) is 1. The van der Waals surface area contributed by atoms with E-state index in [0.717, 1.165) is 24.5 Å². The van der Waals surface area contributed by atoms with Crippen LogP contribution in [0.3, 0.4) is 0 Å². The van der Waals surface area contributed by atoms with Gasteiger partial charge in [-0.3, -0.25) is 9.88 Å². The van der Waals surface area contributed by atoms with Gasteiger partial charge in [-0.25, -0.2) is 0 Å². The molecule has 1 unspecified atom stereocenters. The van der Waals surface area contributed by atoms with Gasteiger partial charge in [-0.2, -0.15) is 0 Å². The van der Waals surface area contributed by atoms with E-state index in [2.05, 4.69) is 22.2 Å². The van der Waals surface area contributed by atoms with Crippen LogP contribution in [0.15, 0.2) is 12.4 Å². The monoisotopic (exact) mass is 208 g/mol. The Labute approximate surface area is 89.2 Å². The predicted molar refractivity (Wildman–Crippen MR) is 58.6 cm³/mol. The Hall–Kier alpha value is -1.33. The van der Waals surface area contributed by atoms with E-state index >= 15 is 0 Å². The lowest BCUT2D eigenvalue weighted by Gasteiger charge is -2.21. The smallest absolute Gasteiger partial charge is 0.144 e. The number of aromatic nitrogens is 1. The van der Waals surface area contributed by atoms with Crippen LogP contribution < -0.4 is 15.8 Å². The van der Waals surface area contributed by atoms with E-state index in [4.69, 9.17) is 10.5 Å². The molecule has 0 amide bonds. The molecule has 0 aromatic carbocycles. The maximum Gasteiger partial charge on any atom is 0.144 e. The van der Waals surface area contributed by atoms with Gasteiger partial charge in [0.2, 0.25) is 0 Å². The Morgan fingerprint density at radius 1 is 1.60 bits per heavy atom. The van der Waals surface area contributed by atoms with Gasteiger partial charge in [0.25, 0.3) is 0 Å². The van der Waals surface area contributed by atoms with Crippen molar-refractivity contribution in [2.45, 2.75) is 6.04 Å². The van der Waals surface area contributed by atoms with Gasteiger partial charge in [0.15, 0.2) is 0 Å². The first-order valence-electron chi connectivity index (χ1n) is 4.92. The van der Waals surface area contributed by atoms with E-state index in [-0.39, 0.29) is 6.04 Å². The number of hydrogen-bond acceptors (Lipinski definition) is 5. The van der Waals surface area contributed by atoms with Crippen LogP contribution >= 0.6 is 0 Å². The van der Waals surface area contributed by atoms with Crippen molar-refractivity contribution in [3.8, 4) is 5.75 Å². The standard InChI is InChI=1S/C10H16N4O/c1-14-6-13-4-8(14)10-7(11)3-12-5-9(10)15-2/h3,5,8,13H,4,6,11H2,1-2H3. The molecule has 1 aliphatic heterocycles. The minimum atomic E-state index is 0.267. The number of methoxy groups -OCH3 is 1. The Bertz CT molecular complexity index is 355. The van der Waals surface area contributed by atoms with Gasteiger partial charge in [0.05, 0.1) is 31.2 Å². The summed E-state index contributed by atoms with van der Waals surface area (Å²) in [6.07, 6.45) is 3.38. The third-order valence-electron chi connectivity index (χ3n) is 2.77. The molecule has 1 aromatic heterocycles. The molecule has 1 aromatic rings. The highest BCUT2D eigenvalue weighted by Crippen LogP contribution is 2.33. The minimum absolute atomic E-state index is 0.267. The highest BCUT2D eigenvalue weighted by molar-refractivity contribution is 5.54. The van der Waals surface area contributed by atoms with Crippen molar-refractivity contribution >= 4 is 5.69 Å². The Morgan fingerprint density at radius 2 is 2.40 bits per heavy atom. The van der Waals surface area contributed by atoms with E-state index in [1.54, 1.807) is 19.5 Å². The number of nitrogens with zero attached hydrogens (tertiary/aromatic N) is 2. The Kier molecular flexibility index (Phi) is 2.75. The second kappa shape index (κ2) is 4.04. The van der Waals surface area contributed by atoms with Crippen molar-refractivity contribution in [1.29, 1.82) is 0 Å². The lowest BCUT2D eigenvalue weighted by atomic mass is 10.1. The Morgan fingerprint density at radius 3 is 3.00 bits per heavy atom. The van der Waals surface area contributed by atoms with Crippen LogP contribution in [0.1, 0.15) is 11.6 Å². The van der Waals surface area contributed by atoms with Crippen molar-refractivity contribution in [2.75, 3.05) is 33.1 Å². The largest absolute Gasteiger partial charge is 0.495 e. The summed E-state index contributed by atoms with van der Waals surface area (Å²) in [6, 6.07) is 0.267. The van der Waals surface area contributed by atoms with Crippen molar-refractivity contribution in [3.05, 3.63) is 18.0 Å². The number of nitrogens with two attached hydrogens (primary N) is 1. The number of hydrogen-bond donors (Lipinski definition) is 2. The summed E-state index contributed by atoms with van der Waals surface area (Å²) in [4.78, 5) is 6.23. The molecule has 5 nitrogen and oxygen atoms in total. The second-order valence-electron chi connectivity index (χ2n) is 3.73. The molecule has 0 radical (unpaired) electrons. The van der Waals surface area contributed by atoms with E-state index in [1.807, 2.05) is 0 Å². The summed E-state index contributed by atoms with van der Waals surface area (Å²) in [5, 5.41) is 3.29. The van der Waals surface area contributed by atoms with Crippen LogP contribution in [0.2, 0.25) is 0 Å². The number of pyridine rings is 1. The summed E-state index contributed by atoms with van der Waals surface area (Å²) in [5.41, 5.74) is 7.66. The van der Waals surface area contributed by atoms with Gasteiger partial charge in [-0.05, 0) is 7.05 Å². The van der Waals surface area contributed by atoms with Gasteiger partial charge in [-0.1, -0.05) is 0 Å². The fraction of sp³-hybridized carbons (Fsp3) is 0.500. The first-order valence-corrected chi connectivity index (χ1v) is 4.92. The van der Waals surface area contributed by atoms with E-state index in [0.29, 0.717) is 5.69 Å². The molecular formula is C10H16N4O. The third kappa shape index (κ3) is 1.75. The molecule has 5 heteroatoms. The maximum atomic E-state index is 5.94. The van der Waals surface area contributed by atoms with E-state index in [9.17, 15) is 0 Å². The molecule has 1 atom stereocenters. The van der Waals surface area contributed by atoms with Crippen LogP contribution in [-0.4, -0.2) is 37.3 Å². The van der Waals surface area contributed by atoms with Crippen molar-refractivity contribution in [3.63, 3.8) is 0 Å². The zero-order chi connectivity index (χ0) is 10.8. The summed E-state index contributed by atoms with van der Waals surface area (Å²) >= 11 is 0. The van der Waals surface area contributed by atoms with Gasteiger partial charge >= 0.3 is 0 Å². The van der Waals surface area contributed by atoms with Crippen LogP contribution in [0.4, 0.5) is 5.69 Å². The number of likely N-dealkylation sites (N-methyl/N-ethyl adjacent to an activating group) is 1. The van der Waals surface area contributed by atoms with Crippen molar-refractivity contribution < 1.29 is 4.74 Å². The summed E-state index contributed by atoms with van der Waals surface area (Å²) < 4.78 is 5.29. The average molecular weight is 208 g/mol. The molecule has 0 saturated carbocycles. The van der Waals surface area contributed by atoms with Crippen LogP contribution in [0, 0.1) is 0 Å². The topological polar surface area (TPSA) is 63.4 Å². The molecule has 1 saturated heterocycles. The Balaban J connectivity index is 2.41. The normalized spacial score (nSPS) is 21.9. The van der Waals surface area contributed by atoms with Gasteiger partial charge in [-0.15, -0.1) is 0 Å². The molecule has 2 heterocycles. The molecule has 3 N–H and O–H groups in total. The quantitative estimate of drug-likeness (QED) is 0.727. The zero-order valence-electron chi connectivity index (χ0n) is 9.03. The van der Waals surface area contributed by atoms with Crippen LogP contribution in [-0.2, 0) is 0 Å². The van der Waals surface area contributed by atoms with E-state index < -0.39 is 0 Å². The fourth-order valence-corrected chi connectivity index (χ4v) is 1.95. The molecule has 0 spiro atoms. The first kappa shape index (κ1) is 10.2. The fourth-order valence-electron chi connectivity index (χ4n) is 1.95. The van der Waals surface area contributed by atoms with Crippen LogP contribution in [0.25, 0.3) is 0 Å². The maximum absolute atomic E-state index is 5.94. The lowest BCUT2D eigenvalue weighted by Crippen LogP contribution is -2.21. The summed E-state index contributed by atoms with van der Waals surface area (Å²) in [7, 11) is 3.70. The van der Waals surface area contributed by atoms with Gasteiger partial charge < -0.3 is 15.8 Å². The number of nitrogen functional groups attached to an aromatic ring is 1. The average Bonchev–Trinajstić information content (AvgIpc) is 2.64. The van der Waals surface area contributed by atoms with Gasteiger partial charge in [0, 0.05) is 18.8 Å². The lowest BCUT2D eigenvalue weighted by molar-refractivity contribution is 0.311. The number of anilines is 1. The molecular weight excluding hydrogens is 192 g/mol. The number of nitrogens with one attached hydrogen (secondary N) is 1. The van der Waals surface area contributed by atoms with Gasteiger partial charge in [0.1, 0.15) is 5.75 Å². The third-order valence-corrected chi connectivity index (χ3v) is 2.77. The molecule has 1 aliphatic rings. The predicted octanol–water partition coefficient (Wildman–Crippen LogP) is 0.206. The SMILES string of the molecule is COc1cncc(N)c1C1CNCN1C. The molecule has 82 valence electrons. The molecule has 15 heavy (non-hydrogen) atoms.